The summed E-state index contributed by atoms with van der Waals surface area (Å²) in [4.78, 5) is 16.8. The number of halogens is 1. The van der Waals surface area contributed by atoms with Crippen molar-refractivity contribution in [2.24, 2.45) is 0 Å². The normalized spacial score (nSPS) is 20.9. The van der Waals surface area contributed by atoms with Gasteiger partial charge in [0, 0.05) is 32.1 Å². The number of carbonyl (C=O) groups is 1. The lowest BCUT2D eigenvalue weighted by atomic mass is 10.0. The molecule has 110 valence electrons. The quantitative estimate of drug-likeness (QED) is 0.785. The van der Waals surface area contributed by atoms with Gasteiger partial charge in [-0.25, -0.2) is 4.39 Å². The summed E-state index contributed by atoms with van der Waals surface area (Å²) in [5, 5.41) is 0. The minimum Gasteiger partial charge on any atom is -0.496 e. The summed E-state index contributed by atoms with van der Waals surface area (Å²) in [6, 6.07) is 4.22. The maximum absolute atomic E-state index is 13.3. The first-order chi connectivity index (χ1) is 9.51. The molecule has 1 aliphatic rings. The van der Waals surface area contributed by atoms with E-state index in [1.165, 1.54) is 25.3 Å². The largest absolute Gasteiger partial charge is 0.496 e. The first kappa shape index (κ1) is 14.9. The molecule has 1 heterocycles. The highest BCUT2D eigenvalue weighted by molar-refractivity contribution is 5.99. The molecule has 1 aromatic carbocycles. The molecule has 1 aliphatic heterocycles. The van der Waals surface area contributed by atoms with Crippen LogP contribution in [0.5, 0.6) is 5.75 Å². The van der Waals surface area contributed by atoms with Crippen molar-refractivity contribution in [3.63, 3.8) is 0 Å². The van der Waals surface area contributed by atoms with Crippen molar-refractivity contribution >= 4 is 5.78 Å². The van der Waals surface area contributed by atoms with Crippen molar-refractivity contribution in [3.05, 3.63) is 29.6 Å². The highest BCUT2D eigenvalue weighted by Gasteiger charge is 2.26. The summed E-state index contributed by atoms with van der Waals surface area (Å²) >= 11 is 0. The predicted molar refractivity (Wildman–Crippen MR) is 75.8 cm³/mol. The number of hydrogen-bond donors (Lipinski definition) is 0. The number of rotatable bonds is 4. The second-order valence-electron chi connectivity index (χ2n) is 5.37. The molecule has 0 saturated carbocycles. The van der Waals surface area contributed by atoms with Gasteiger partial charge in [-0.2, -0.15) is 0 Å². The van der Waals surface area contributed by atoms with E-state index < -0.39 is 5.82 Å². The van der Waals surface area contributed by atoms with Crippen molar-refractivity contribution < 1.29 is 13.9 Å². The molecule has 0 aliphatic carbocycles. The summed E-state index contributed by atoms with van der Waals surface area (Å²) in [6.45, 7) is 2.79. The molecule has 0 radical (unpaired) electrons. The molecule has 1 unspecified atom stereocenters. The van der Waals surface area contributed by atoms with Crippen LogP contribution in [0.1, 0.15) is 16.8 Å². The molecule has 1 fully saturated rings. The Labute approximate surface area is 119 Å². The Hall–Kier alpha value is -1.46. The Morgan fingerprint density at radius 3 is 2.85 bits per heavy atom. The maximum Gasteiger partial charge on any atom is 0.168 e. The van der Waals surface area contributed by atoms with Gasteiger partial charge in [0.25, 0.3) is 0 Å². The average Bonchev–Trinajstić information content (AvgIpc) is 2.42. The van der Waals surface area contributed by atoms with Gasteiger partial charge in [0.1, 0.15) is 11.6 Å². The fourth-order valence-electron chi connectivity index (χ4n) is 2.54. The maximum atomic E-state index is 13.3. The molecule has 5 heteroatoms. The number of nitrogens with zero attached hydrogens (tertiary/aromatic N) is 2. The second kappa shape index (κ2) is 6.33. The van der Waals surface area contributed by atoms with Crippen LogP contribution in [0.2, 0.25) is 0 Å². The minimum absolute atomic E-state index is 0.0755. The Balaban J connectivity index is 2.13. The fourth-order valence-corrected chi connectivity index (χ4v) is 2.54. The summed E-state index contributed by atoms with van der Waals surface area (Å²) in [5.41, 5.74) is 0.328. The van der Waals surface area contributed by atoms with Gasteiger partial charge >= 0.3 is 0 Å². The Morgan fingerprint density at radius 1 is 1.40 bits per heavy atom. The lowest BCUT2D eigenvalue weighted by Crippen LogP contribution is -2.50. The van der Waals surface area contributed by atoms with Crippen molar-refractivity contribution in [2.45, 2.75) is 12.5 Å². The molecule has 2 rings (SSSR count). The molecule has 1 saturated heterocycles. The fraction of sp³-hybridized carbons (Fsp3) is 0.533. The van der Waals surface area contributed by atoms with Gasteiger partial charge < -0.3 is 14.5 Å². The molecule has 4 nitrogen and oxygen atoms in total. The third-order valence-corrected chi connectivity index (χ3v) is 3.86. The van der Waals surface area contributed by atoms with E-state index in [2.05, 4.69) is 9.80 Å². The molecule has 0 N–H and O–H groups in total. The van der Waals surface area contributed by atoms with Crippen molar-refractivity contribution in [1.82, 2.24) is 9.80 Å². The SMILES string of the molecule is COc1ccc(F)cc1C(=O)CC1CN(C)CCN1C. The standard InChI is InChI=1S/C15H21FN2O2/c1-17-6-7-18(2)12(10-17)9-14(19)13-8-11(16)4-5-15(13)20-3/h4-5,8,12H,6-7,9-10H2,1-3H3. The van der Waals surface area contributed by atoms with Crippen LogP contribution in [0.25, 0.3) is 0 Å². The van der Waals surface area contributed by atoms with Gasteiger partial charge in [-0.3, -0.25) is 4.79 Å². The summed E-state index contributed by atoms with van der Waals surface area (Å²) in [6.07, 6.45) is 0.376. The van der Waals surface area contributed by atoms with Crippen LogP contribution in [0, 0.1) is 5.82 Å². The number of carbonyl (C=O) groups excluding carboxylic acids is 1. The second-order valence-corrected chi connectivity index (χ2v) is 5.37. The molecular weight excluding hydrogens is 259 g/mol. The average molecular weight is 280 g/mol. The molecule has 1 atom stereocenters. The summed E-state index contributed by atoms with van der Waals surface area (Å²) in [7, 11) is 5.56. The van der Waals surface area contributed by atoms with E-state index in [-0.39, 0.29) is 11.8 Å². The lowest BCUT2D eigenvalue weighted by Gasteiger charge is -2.37. The Morgan fingerprint density at radius 2 is 2.15 bits per heavy atom. The van der Waals surface area contributed by atoms with Crippen LogP contribution in [0.15, 0.2) is 18.2 Å². The molecule has 20 heavy (non-hydrogen) atoms. The number of likely N-dealkylation sites (N-methyl/N-ethyl adjacent to an activating group) is 2. The molecule has 0 aromatic heterocycles. The van der Waals surface area contributed by atoms with Crippen LogP contribution in [-0.2, 0) is 0 Å². The first-order valence-corrected chi connectivity index (χ1v) is 6.76. The highest BCUT2D eigenvalue weighted by atomic mass is 19.1. The topological polar surface area (TPSA) is 32.8 Å². The number of methoxy groups -OCH3 is 1. The van der Waals surface area contributed by atoms with Gasteiger partial charge in [-0.1, -0.05) is 0 Å². The van der Waals surface area contributed by atoms with Crippen LogP contribution in [0.4, 0.5) is 4.39 Å². The van der Waals surface area contributed by atoms with Gasteiger partial charge in [0.2, 0.25) is 0 Å². The van der Waals surface area contributed by atoms with Crippen LogP contribution < -0.4 is 4.74 Å². The number of piperazine rings is 1. The minimum atomic E-state index is -0.414. The third kappa shape index (κ3) is 3.35. The molecular formula is C15H21FN2O2. The van der Waals surface area contributed by atoms with E-state index in [1.807, 2.05) is 14.1 Å². The van der Waals surface area contributed by atoms with E-state index in [9.17, 15) is 9.18 Å². The lowest BCUT2D eigenvalue weighted by molar-refractivity contribution is 0.0807. The number of hydrogen-bond acceptors (Lipinski definition) is 4. The van der Waals surface area contributed by atoms with E-state index >= 15 is 0 Å². The summed E-state index contributed by atoms with van der Waals surface area (Å²) in [5.74, 6) is -0.0556. The monoisotopic (exact) mass is 280 g/mol. The molecule has 0 bridgehead atoms. The number of benzene rings is 1. The highest BCUT2D eigenvalue weighted by Crippen LogP contribution is 2.22. The Kier molecular flexibility index (Phi) is 4.73. The van der Waals surface area contributed by atoms with E-state index in [0.717, 1.165) is 19.6 Å². The zero-order valence-electron chi connectivity index (χ0n) is 12.2. The predicted octanol–water partition coefficient (Wildman–Crippen LogP) is 1.65. The van der Waals surface area contributed by atoms with Crippen LogP contribution >= 0.6 is 0 Å². The number of ether oxygens (including phenoxy) is 1. The van der Waals surface area contributed by atoms with Crippen molar-refractivity contribution in [1.29, 1.82) is 0 Å². The molecule has 0 spiro atoms. The van der Waals surface area contributed by atoms with Gasteiger partial charge in [-0.05, 0) is 32.3 Å². The smallest absolute Gasteiger partial charge is 0.168 e. The Bertz CT molecular complexity index is 493. The zero-order valence-corrected chi connectivity index (χ0v) is 12.2. The van der Waals surface area contributed by atoms with Gasteiger partial charge in [0.05, 0.1) is 12.7 Å². The van der Waals surface area contributed by atoms with E-state index in [1.54, 1.807) is 0 Å². The first-order valence-electron chi connectivity index (χ1n) is 6.76. The number of Topliss-reactive ketones (excluding diaryl/α,β-unsaturated/α-hetero) is 1. The van der Waals surface area contributed by atoms with Crippen LogP contribution in [-0.4, -0.2) is 62.5 Å². The number of ketones is 1. The van der Waals surface area contributed by atoms with Gasteiger partial charge in [0.15, 0.2) is 5.78 Å². The molecule has 0 amide bonds. The van der Waals surface area contributed by atoms with Gasteiger partial charge in [-0.15, -0.1) is 0 Å². The van der Waals surface area contributed by atoms with E-state index in [0.29, 0.717) is 17.7 Å². The summed E-state index contributed by atoms with van der Waals surface area (Å²) < 4.78 is 18.5. The van der Waals surface area contributed by atoms with Crippen LogP contribution in [0.3, 0.4) is 0 Å². The molecule has 1 aromatic rings. The zero-order chi connectivity index (χ0) is 14.7. The van der Waals surface area contributed by atoms with E-state index in [4.69, 9.17) is 4.74 Å². The van der Waals surface area contributed by atoms with Crippen molar-refractivity contribution in [2.75, 3.05) is 40.8 Å². The third-order valence-electron chi connectivity index (χ3n) is 3.86. The van der Waals surface area contributed by atoms with Crippen molar-refractivity contribution in [3.8, 4) is 5.75 Å².